The van der Waals surface area contributed by atoms with Crippen molar-refractivity contribution in [2.24, 2.45) is 5.92 Å². The number of ether oxygens (including phenoxy) is 1. The molecule has 0 radical (unpaired) electrons. The van der Waals surface area contributed by atoms with Crippen LogP contribution in [0.1, 0.15) is 63.4 Å². The first-order chi connectivity index (χ1) is 15.6. The van der Waals surface area contributed by atoms with Crippen molar-refractivity contribution in [1.29, 1.82) is 0 Å². The van der Waals surface area contributed by atoms with Gasteiger partial charge in [-0.15, -0.1) is 0 Å². The Labute approximate surface area is 200 Å². The Morgan fingerprint density at radius 2 is 1.79 bits per heavy atom. The molecule has 190 valence electrons. The van der Waals surface area contributed by atoms with Gasteiger partial charge in [0, 0.05) is 51.3 Å². The zero-order valence-electron chi connectivity index (χ0n) is 22.0. The molecule has 2 N–H and O–H groups in total. The van der Waals surface area contributed by atoms with Gasteiger partial charge >= 0.3 is 6.03 Å². The van der Waals surface area contributed by atoms with Gasteiger partial charge in [0.2, 0.25) is 5.91 Å². The minimum atomic E-state index is -0.335. The number of nitrogens with zero attached hydrogens (tertiary/aromatic N) is 4. The van der Waals surface area contributed by atoms with Gasteiger partial charge in [-0.05, 0) is 46.4 Å². The van der Waals surface area contributed by atoms with Crippen molar-refractivity contribution in [3.63, 3.8) is 0 Å². The van der Waals surface area contributed by atoms with Crippen molar-refractivity contribution < 1.29 is 14.3 Å². The lowest BCUT2D eigenvalue weighted by Crippen LogP contribution is -2.39. The van der Waals surface area contributed by atoms with E-state index in [1.165, 1.54) is 10.2 Å². The zero-order valence-corrected chi connectivity index (χ0v) is 22.0. The van der Waals surface area contributed by atoms with Gasteiger partial charge in [0.15, 0.2) is 0 Å². The highest BCUT2D eigenvalue weighted by Crippen LogP contribution is 2.32. The van der Waals surface area contributed by atoms with Crippen LogP contribution < -0.4 is 10.6 Å². The van der Waals surface area contributed by atoms with Gasteiger partial charge in [-0.2, -0.15) is 9.78 Å². The standard InChI is InChI=1S/C16H25N5O3.C4H11N.C4H10/c1-17-14(22)9-18-16(23)21-13-3-6-20(2)10-12(13)15(19-21)11-4-7-24-8-5-11;1-4-5(2)3;1-4(2)3/h11H,3-10H2,1-2H3,(H,17,22)(H,18,23);4H2,1-3H3;4H,1-3H3. The van der Waals surface area contributed by atoms with Gasteiger partial charge in [0.25, 0.3) is 0 Å². The fourth-order valence-electron chi connectivity index (χ4n) is 3.37. The molecule has 0 aliphatic carbocycles. The zero-order chi connectivity index (χ0) is 25.0. The van der Waals surface area contributed by atoms with Crippen molar-refractivity contribution in [2.75, 3.05) is 61.0 Å². The number of hydrogen-bond donors (Lipinski definition) is 2. The third-order valence-electron chi connectivity index (χ3n) is 5.39. The molecular weight excluding hydrogens is 420 g/mol. The van der Waals surface area contributed by atoms with Gasteiger partial charge < -0.3 is 25.2 Å². The van der Waals surface area contributed by atoms with Crippen molar-refractivity contribution in [2.45, 2.75) is 59.4 Å². The maximum Gasteiger partial charge on any atom is 0.342 e. The minimum absolute atomic E-state index is 0.0452. The van der Waals surface area contributed by atoms with E-state index in [0.29, 0.717) is 5.92 Å². The summed E-state index contributed by atoms with van der Waals surface area (Å²) in [7, 11) is 7.74. The van der Waals surface area contributed by atoms with Crippen LogP contribution in [0.3, 0.4) is 0 Å². The molecule has 9 heteroatoms. The van der Waals surface area contributed by atoms with Crippen molar-refractivity contribution in [3.8, 4) is 0 Å². The molecule has 1 aromatic rings. The highest BCUT2D eigenvalue weighted by Gasteiger charge is 2.30. The van der Waals surface area contributed by atoms with Crippen LogP contribution in [-0.4, -0.2) is 92.6 Å². The van der Waals surface area contributed by atoms with Crippen molar-refractivity contribution in [3.05, 3.63) is 17.0 Å². The van der Waals surface area contributed by atoms with E-state index < -0.39 is 0 Å². The molecule has 0 spiro atoms. The van der Waals surface area contributed by atoms with Crippen LogP contribution in [-0.2, 0) is 22.5 Å². The Bertz CT molecular complexity index is 723. The number of rotatable bonds is 4. The first-order valence-electron chi connectivity index (χ1n) is 12.1. The van der Waals surface area contributed by atoms with Crippen molar-refractivity contribution in [1.82, 2.24) is 30.2 Å². The summed E-state index contributed by atoms with van der Waals surface area (Å²) >= 11 is 0. The lowest BCUT2D eigenvalue weighted by Gasteiger charge is -2.26. The molecule has 0 aromatic carbocycles. The lowest BCUT2D eigenvalue weighted by atomic mass is 9.91. The minimum Gasteiger partial charge on any atom is -0.381 e. The highest BCUT2D eigenvalue weighted by molar-refractivity contribution is 5.84. The lowest BCUT2D eigenvalue weighted by molar-refractivity contribution is -0.119. The summed E-state index contributed by atoms with van der Waals surface area (Å²) < 4.78 is 6.92. The second-order valence-electron chi connectivity index (χ2n) is 9.56. The average Bonchev–Trinajstić information content (AvgIpc) is 3.16. The molecule has 0 saturated carbocycles. The topological polar surface area (TPSA) is 91.7 Å². The predicted octanol–water partition coefficient (Wildman–Crippen LogP) is 2.30. The average molecular weight is 467 g/mol. The largest absolute Gasteiger partial charge is 0.381 e. The number of fused-ring (bicyclic) bond motifs is 1. The van der Waals surface area contributed by atoms with Crippen LogP contribution >= 0.6 is 0 Å². The number of amides is 2. The summed E-state index contributed by atoms with van der Waals surface area (Å²) in [5, 5.41) is 9.78. The van der Waals surface area contributed by atoms with Gasteiger partial charge in [-0.1, -0.05) is 27.7 Å². The fraction of sp³-hybridized carbons (Fsp3) is 0.792. The summed E-state index contributed by atoms with van der Waals surface area (Å²) in [6.45, 7) is 12.9. The van der Waals surface area contributed by atoms with Gasteiger partial charge in [-0.3, -0.25) is 4.79 Å². The molecule has 1 fully saturated rings. The Morgan fingerprint density at radius 1 is 1.21 bits per heavy atom. The normalized spacial score (nSPS) is 16.3. The number of hydrogen-bond acceptors (Lipinski definition) is 6. The Balaban J connectivity index is 0.000000517. The molecular formula is C24H46N6O3. The Hall–Kier alpha value is -1.97. The third kappa shape index (κ3) is 10.2. The van der Waals surface area contributed by atoms with E-state index in [1.807, 2.05) is 0 Å². The predicted molar refractivity (Wildman–Crippen MR) is 133 cm³/mol. The van der Waals surface area contributed by atoms with Crippen LogP contribution in [0.25, 0.3) is 0 Å². The molecule has 2 aliphatic rings. The monoisotopic (exact) mass is 466 g/mol. The second-order valence-corrected chi connectivity index (χ2v) is 9.56. The molecule has 0 bridgehead atoms. The molecule has 0 unspecified atom stereocenters. The maximum absolute atomic E-state index is 12.5. The number of nitrogens with one attached hydrogen (secondary N) is 2. The van der Waals surface area contributed by atoms with Gasteiger partial charge in [0.1, 0.15) is 0 Å². The Kier molecular flexibility index (Phi) is 13.2. The van der Waals surface area contributed by atoms with Crippen LogP contribution in [0.2, 0.25) is 0 Å². The quantitative estimate of drug-likeness (QED) is 0.708. The molecule has 0 atom stereocenters. The second kappa shape index (κ2) is 15.0. The number of carbonyl (C=O) groups excluding carboxylic acids is 2. The van der Waals surface area contributed by atoms with E-state index in [0.717, 1.165) is 69.4 Å². The summed E-state index contributed by atoms with van der Waals surface area (Å²) in [4.78, 5) is 28.2. The fourth-order valence-corrected chi connectivity index (χ4v) is 3.37. The summed E-state index contributed by atoms with van der Waals surface area (Å²) in [5.74, 6) is 0.945. The van der Waals surface area contributed by atoms with Crippen LogP contribution in [0.15, 0.2) is 0 Å². The highest BCUT2D eigenvalue weighted by atomic mass is 16.5. The van der Waals surface area contributed by atoms with Gasteiger partial charge in [-0.25, -0.2) is 4.79 Å². The van der Waals surface area contributed by atoms with E-state index in [4.69, 9.17) is 4.74 Å². The molecule has 1 saturated heterocycles. The molecule has 3 rings (SSSR count). The van der Waals surface area contributed by atoms with E-state index >= 15 is 0 Å². The molecule has 33 heavy (non-hydrogen) atoms. The maximum atomic E-state index is 12.5. The van der Waals surface area contributed by atoms with E-state index in [2.05, 4.69) is 74.4 Å². The van der Waals surface area contributed by atoms with Crippen molar-refractivity contribution >= 4 is 11.9 Å². The molecule has 2 aliphatic heterocycles. The number of carbonyl (C=O) groups is 2. The van der Waals surface area contributed by atoms with E-state index in [9.17, 15) is 9.59 Å². The van der Waals surface area contributed by atoms with E-state index in [1.54, 1.807) is 7.05 Å². The van der Waals surface area contributed by atoms with Gasteiger partial charge in [0.05, 0.1) is 17.9 Å². The third-order valence-corrected chi connectivity index (χ3v) is 5.39. The van der Waals surface area contributed by atoms with Crippen LogP contribution in [0.4, 0.5) is 4.79 Å². The number of likely N-dealkylation sites (N-methyl/N-ethyl adjacent to an activating group) is 2. The smallest absolute Gasteiger partial charge is 0.342 e. The molecule has 1 aromatic heterocycles. The van der Waals surface area contributed by atoms with Crippen LogP contribution in [0.5, 0.6) is 0 Å². The summed E-state index contributed by atoms with van der Waals surface area (Å²) in [6.07, 6.45) is 2.66. The summed E-state index contributed by atoms with van der Waals surface area (Å²) in [6, 6.07) is -0.335. The molecule has 3 heterocycles. The van der Waals surface area contributed by atoms with E-state index in [-0.39, 0.29) is 18.5 Å². The Morgan fingerprint density at radius 3 is 2.30 bits per heavy atom. The number of aromatic nitrogens is 2. The first kappa shape index (κ1) is 29.1. The first-order valence-corrected chi connectivity index (χ1v) is 12.1. The molecule has 9 nitrogen and oxygen atoms in total. The molecule has 2 amide bonds. The van der Waals surface area contributed by atoms with Crippen LogP contribution in [0, 0.1) is 5.92 Å². The summed E-state index contributed by atoms with van der Waals surface area (Å²) in [5.41, 5.74) is 3.17. The SMILES string of the molecule is CC(C)C.CCN(C)C.CNC(=O)CNC(=O)n1nc(C2CCOCC2)c2c1CCN(C)C2.